The molecule has 4 nitrogen and oxygen atoms in total. The van der Waals surface area contributed by atoms with Gasteiger partial charge in [0.05, 0.1) is 5.60 Å². The molecule has 0 aliphatic carbocycles. The Labute approximate surface area is 114 Å². The van der Waals surface area contributed by atoms with Crippen LogP contribution in [0, 0.1) is 0 Å². The lowest BCUT2D eigenvalue weighted by Gasteiger charge is -2.23. The highest BCUT2D eigenvalue weighted by atomic mass is 16.3. The number of aliphatic hydroxyl groups is 1. The lowest BCUT2D eigenvalue weighted by atomic mass is 9.98. The molecule has 1 aliphatic heterocycles. The van der Waals surface area contributed by atoms with Crippen LogP contribution in [0.3, 0.4) is 0 Å². The molecule has 1 saturated heterocycles. The number of carbonyl (C=O) groups excluding carboxylic acids is 1. The zero-order valence-corrected chi connectivity index (χ0v) is 12.1. The third-order valence-electron chi connectivity index (χ3n) is 3.53. The van der Waals surface area contributed by atoms with Crippen molar-refractivity contribution in [1.29, 1.82) is 0 Å². The Morgan fingerprint density at radius 1 is 1.26 bits per heavy atom. The van der Waals surface area contributed by atoms with Gasteiger partial charge in [-0.3, -0.25) is 4.90 Å². The Bertz CT molecular complexity index is 477. The molecule has 2 rings (SSSR count). The number of anilines is 1. The van der Waals surface area contributed by atoms with Crippen LogP contribution in [-0.4, -0.2) is 35.2 Å². The zero-order valence-electron chi connectivity index (χ0n) is 12.1. The fraction of sp³-hybridized carbons (Fsp3) is 0.533. The van der Waals surface area contributed by atoms with Crippen molar-refractivity contribution in [2.24, 2.45) is 0 Å². The minimum atomic E-state index is -0.892. The number of carbonyl (C=O) groups is 1. The number of hydrogen-bond acceptors (Lipinski definition) is 2. The van der Waals surface area contributed by atoms with Crippen LogP contribution < -0.4 is 4.90 Å². The Balaban J connectivity index is 2.27. The molecular weight excluding hydrogens is 240 g/mol. The lowest BCUT2D eigenvalue weighted by Crippen LogP contribution is -2.36. The minimum Gasteiger partial charge on any atom is -0.386 e. The van der Waals surface area contributed by atoms with E-state index in [-0.39, 0.29) is 12.1 Å². The molecule has 0 saturated carbocycles. The van der Waals surface area contributed by atoms with Crippen molar-refractivity contribution in [1.82, 2.24) is 4.90 Å². The van der Waals surface area contributed by atoms with Gasteiger partial charge >= 0.3 is 6.03 Å². The zero-order chi connectivity index (χ0) is 14.2. The third kappa shape index (κ3) is 2.73. The summed E-state index contributed by atoms with van der Waals surface area (Å²) in [6.07, 6.45) is 0. The number of nitrogens with zero attached hydrogens (tertiary/aromatic N) is 2. The average molecular weight is 262 g/mol. The van der Waals surface area contributed by atoms with Gasteiger partial charge < -0.3 is 10.0 Å². The van der Waals surface area contributed by atoms with Gasteiger partial charge in [0.25, 0.3) is 0 Å². The van der Waals surface area contributed by atoms with Crippen molar-refractivity contribution in [2.75, 3.05) is 18.0 Å². The molecule has 19 heavy (non-hydrogen) atoms. The molecule has 1 aromatic carbocycles. The predicted octanol–water partition coefficient (Wildman–Crippen LogP) is 2.56. The molecule has 1 N–H and O–H groups in total. The topological polar surface area (TPSA) is 43.8 Å². The van der Waals surface area contributed by atoms with E-state index in [1.165, 1.54) is 0 Å². The first kappa shape index (κ1) is 13.9. The van der Waals surface area contributed by atoms with E-state index in [1.807, 2.05) is 43.0 Å². The second kappa shape index (κ2) is 4.85. The Morgan fingerprint density at radius 3 is 2.47 bits per heavy atom. The van der Waals surface area contributed by atoms with Crippen LogP contribution in [0.5, 0.6) is 0 Å². The normalized spacial score (nSPS) is 16.6. The van der Waals surface area contributed by atoms with Crippen molar-refractivity contribution < 1.29 is 9.90 Å². The van der Waals surface area contributed by atoms with Crippen molar-refractivity contribution in [2.45, 2.75) is 39.3 Å². The molecule has 1 fully saturated rings. The molecule has 1 heterocycles. The van der Waals surface area contributed by atoms with E-state index in [2.05, 4.69) is 0 Å². The lowest BCUT2D eigenvalue weighted by molar-refractivity contribution is 0.0786. The number of hydrogen-bond donors (Lipinski definition) is 1. The smallest absolute Gasteiger partial charge is 0.324 e. The van der Waals surface area contributed by atoms with Crippen LogP contribution in [0.25, 0.3) is 0 Å². The van der Waals surface area contributed by atoms with E-state index in [0.29, 0.717) is 6.54 Å². The van der Waals surface area contributed by atoms with Crippen LogP contribution in [0.2, 0.25) is 0 Å². The summed E-state index contributed by atoms with van der Waals surface area (Å²) in [5.74, 6) is 0. The fourth-order valence-corrected chi connectivity index (χ4v) is 2.33. The molecular formula is C15H22N2O2. The van der Waals surface area contributed by atoms with Gasteiger partial charge in [0.1, 0.15) is 0 Å². The Kier molecular flexibility index (Phi) is 3.54. The monoisotopic (exact) mass is 262 g/mol. The van der Waals surface area contributed by atoms with E-state index >= 15 is 0 Å². The van der Waals surface area contributed by atoms with Gasteiger partial charge in [-0.05, 0) is 45.4 Å². The summed E-state index contributed by atoms with van der Waals surface area (Å²) in [5, 5.41) is 10.0. The minimum absolute atomic E-state index is 0.0443. The summed E-state index contributed by atoms with van der Waals surface area (Å²) in [6, 6.07) is 7.83. The van der Waals surface area contributed by atoms with Crippen LogP contribution in [0.1, 0.15) is 33.3 Å². The maximum atomic E-state index is 12.3. The van der Waals surface area contributed by atoms with Crippen LogP contribution >= 0.6 is 0 Å². The van der Waals surface area contributed by atoms with E-state index in [4.69, 9.17) is 0 Å². The molecule has 0 aromatic heterocycles. The highest BCUT2D eigenvalue weighted by Crippen LogP contribution is 2.27. The second-order valence-electron chi connectivity index (χ2n) is 5.83. The average Bonchev–Trinajstić information content (AvgIpc) is 2.70. The number of benzene rings is 1. The van der Waals surface area contributed by atoms with Crippen LogP contribution in [0.4, 0.5) is 10.5 Å². The quantitative estimate of drug-likeness (QED) is 0.909. The second-order valence-corrected chi connectivity index (χ2v) is 5.83. The summed E-state index contributed by atoms with van der Waals surface area (Å²) in [7, 11) is 0. The molecule has 0 unspecified atom stereocenters. The van der Waals surface area contributed by atoms with Gasteiger partial charge in [0.2, 0.25) is 0 Å². The number of amides is 2. The summed E-state index contributed by atoms with van der Waals surface area (Å²) in [6.45, 7) is 9.00. The summed E-state index contributed by atoms with van der Waals surface area (Å²) >= 11 is 0. The van der Waals surface area contributed by atoms with E-state index in [1.54, 1.807) is 18.7 Å². The molecule has 104 valence electrons. The maximum Gasteiger partial charge on any atom is 0.324 e. The Morgan fingerprint density at radius 2 is 1.95 bits per heavy atom. The van der Waals surface area contributed by atoms with Crippen molar-refractivity contribution in [3.05, 3.63) is 29.8 Å². The van der Waals surface area contributed by atoms with Gasteiger partial charge in [-0.2, -0.15) is 0 Å². The Hall–Kier alpha value is -1.55. The first-order valence-electron chi connectivity index (χ1n) is 6.72. The summed E-state index contributed by atoms with van der Waals surface area (Å²) in [4.78, 5) is 15.9. The largest absolute Gasteiger partial charge is 0.386 e. The highest BCUT2D eigenvalue weighted by molar-refractivity contribution is 5.94. The molecule has 0 atom stereocenters. The summed E-state index contributed by atoms with van der Waals surface area (Å²) in [5.41, 5.74) is 0.782. The number of rotatable bonds is 3. The molecule has 0 radical (unpaired) electrons. The van der Waals surface area contributed by atoms with Gasteiger partial charge in [-0.15, -0.1) is 0 Å². The molecule has 1 aliphatic rings. The first-order chi connectivity index (χ1) is 8.80. The maximum absolute atomic E-state index is 12.3. The van der Waals surface area contributed by atoms with E-state index < -0.39 is 5.60 Å². The molecule has 0 spiro atoms. The summed E-state index contributed by atoms with van der Waals surface area (Å²) < 4.78 is 0. The van der Waals surface area contributed by atoms with Gasteiger partial charge in [-0.25, -0.2) is 4.79 Å². The standard InChI is InChI=1S/C15H22N2O2/c1-11(2)16-8-9-17(14(16)18)13-7-5-6-12(10-13)15(3,4)19/h5-7,10-11,19H,8-9H2,1-4H3. The fourth-order valence-electron chi connectivity index (χ4n) is 2.33. The van der Waals surface area contributed by atoms with Gasteiger partial charge in [-0.1, -0.05) is 12.1 Å². The molecule has 2 amide bonds. The molecule has 0 bridgehead atoms. The van der Waals surface area contributed by atoms with Crippen molar-refractivity contribution in [3.63, 3.8) is 0 Å². The number of urea groups is 1. The van der Waals surface area contributed by atoms with Crippen LogP contribution in [-0.2, 0) is 5.60 Å². The van der Waals surface area contributed by atoms with E-state index in [9.17, 15) is 9.90 Å². The predicted molar refractivity (Wildman–Crippen MR) is 76.3 cm³/mol. The van der Waals surface area contributed by atoms with Gasteiger partial charge in [0.15, 0.2) is 0 Å². The van der Waals surface area contributed by atoms with Crippen LogP contribution in [0.15, 0.2) is 24.3 Å². The third-order valence-corrected chi connectivity index (χ3v) is 3.53. The van der Waals surface area contributed by atoms with Crippen molar-refractivity contribution in [3.8, 4) is 0 Å². The van der Waals surface area contributed by atoms with E-state index in [0.717, 1.165) is 17.8 Å². The SMILES string of the molecule is CC(C)N1CCN(c2cccc(C(C)(C)O)c2)C1=O. The highest BCUT2D eigenvalue weighted by Gasteiger charge is 2.31. The molecule has 4 heteroatoms. The first-order valence-corrected chi connectivity index (χ1v) is 6.72. The van der Waals surface area contributed by atoms with Crippen molar-refractivity contribution >= 4 is 11.7 Å². The molecule has 1 aromatic rings. The van der Waals surface area contributed by atoms with Gasteiger partial charge in [0, 0.05) is 24.8 Å².